The maximum atomic E-state index is 11.8. The molecular formula is C11H16O2. The number of aliphatic hydroxyl groups is 1. The summed E-state index contributed by atoms with van der Waals surface area (Å²) >= 11 is 0. The molecular weight excluding hydrogens is 164 g/mol. The first-order chi connectivity index (χ1) is 6.24. The Balaban J connectivity index is 1.99. The van der Waals surface area contributed by atoms with Gasteiger partial charge in [0.15, 0.2) is 0 Å². The zero-order valence-electron chi connectivity index (χ0n) is 7.78. The number of ketones is 1. The van der Waals surface area contributed by atoms with Gasteiger partial charge in [-0.15, -0.1) is 0 Å². The molecule has 1 N–H and O–H groups in total. The summed E-state index contributed by atoms with van der Waals surface area (Å²) in [7, 11) is 0. The molecule has 0 saturated heterocycles. The van der Waals surface area contributed by atoms with Crippen molar-refractivity contribution in [2.45, 2.75) is 38.2 Å². The molecule has 0 aliphatic heterocycles. The molecule has 0 aromatic carbocycles. The molecule has 2 heteroatoms. The SMILES string of the molecule is O=C1C2CC3CC(C2)CC1C(O)C3. The lowest BCUT2D eigenvalue weighted by atomic mass is 9.67. The van der Waals surface area contributed by atoms with E-state index in [1.54, 1.807) is 0 Å². The number of hydrogen-bond donors (Lipinski definition) is 1. The zero-order chi connectivity index (χ0) is 9.00. The highest BCUT2D eigenvalue weighted by atomic mass is 16.3. The maximum Gasteiger partial charge on any atom is 0.141 e. The van der Waals surface area contributed by atoms with Crippen LogP contribution >= 0.6 is 0 Å². The molecule has 0 aromatic rings. The summed E-state index contributed by atoms with van der Waals surface area (Å²) < 4.78 is 0. The minimum absolute atomic E-state index is 0.0104. The number of fused-ring (bicyclic) bond motifs is 1. The third-order valence-electron chi connectivity index (χ3n) is 4.30. The second-order valence-electron chi connectivity index (χ2n) is 5.18. The van der Waals surface area contributed by atoms with E-state index < -0.39 is 0 Å². The zero-order valence-corrected chi connectivity index (χ0v) is 7.78. The summed E-state index contributed by atoms with van der Waals surface area (Å²) in [6.07, 6.45) is 5.03. The lowest BCUT2D eigenvalue weighted by Gasteiger charge is -2.37. The molecule has 5 unspecified atom stereocenters. The molecule has 0 amide bonds. The van der Waals surface area contributed by atoms with Crippen molar-refractivity contribution >= 4 is 5.78 Å². The second-order valence-corrected chi connectivity index (χ2v) is 5.18. The Morgan fingerprint density at radius 2 is 1.69 bits per heavy atom. The van der Waals surface area contributed by atoms with E-state index in [2.05, 4.69) is 0 Å². The average molecular weight is 180 g/mol. The lowest BCUT2D eigenvalue weighted by molar-refractivity contribution is -0.134. The molecule has 4 rings (SSSR count). The van der Waals surface area contributed by atoms with Gasteiger partial charge in [0, 0.05) is 11.8 Å². The Morgan fingerprint density at radius 1 is 1.00 bits per heavy atom. The van der Waals surface area contributed by atoms with E-state index in [1.807, 2.05) is 0 Å². The van der Waals surface area contributed by atoms with Crippen LogP contribution in [0, 0.1) is 23.7 Å². The number of aliphatic hydroxyl groups excluding tert-OH is 1. The normalized spacial score (nSPS) is 53.9. The van der Waals surface area contributed by atoms with Crippen molar-refractivity contribution in [2.24, 2.45) is 23.7 Å². The van der Waals surface area contributed by atoms with Gasteiger partial charge in [0.1, 0.15) is 5.78 Å². The molecule has 4 aliphatic rings. The molecule has 0 aromatic heterocycles. The number of hydrogen-bond acceptors (Lipinski definition) is 2. The van der Waals surface area contributed by atoms with Crippen LogP contribution in [0.15, 0.2) is 0 Å². The molecule has 0 radical (unpaired) electrons. The van der Waals surface area contributed by atoms with E-state index in [1.165, 1.54) is 6.42 Å². The van der Waals surface area contributed by atoms with Crippen LogP contribution in [0.5, 0.6) is 0 Å². The van der Waals surface area contributed by atoms with Crippen LogP contribution < -0.4 is 0 Å². The van der Waals surface area contributed by atoms with Crippen molar-refractivity contribution in [3.05, 3.63) is 0 Å². The highest BCUT2D eigenvalue weighted by Gasteiger charge is 2.48. The fourth-order valence-corrected chi connectivity index (χ4v) is 3.81. The quantitative estimate of drug-likeness (QED) is 0.611. The van der Waals surface area contributed by atoms with Gasteiger partial charge in [-0.2, -0.15) is 0 Å². The largest absolute Gasteiger partial charge is 0.392 e. The van der Waals surface area contributed by atoms with E-state index >= 15 is 0 Å². The van der Waals surface area contributed by atoms with Gasteiger partial charge in [0.25, 0.3) is 0 Å². The van der Waals surface area contributed by atoms with Crippen molar-refractivity contribution in [2.75, 3.05) is 0 Å². The Morgan fingerprint density at radius 3 is 2.46 bits per heavy atom. The lowest BCUT2D eigenvalue weighted by Crippen LogP contribution is -2.38. The molecule has 13 heavy (non-hydrogen) atoms. The molecule has 4 aliphatic carbocycles. The Kier molecular flexibility index (Phi) is 1.58. The smallest absolute Gasteiger partial charge is 0.141 e. The highest BCUT2D eigenvalue weighted by molar-refractivity contribution is 5.85. The van der Waals surface area contributed by atoms with E-state index in [0.29, 0.717) is 17.6 Å². The number of carbonyl (C=O) groups excluding carboxylic acids is 1. The van der Waals surface area contributed by atoms with Crippen LogP contribution in [0.3, 0.4) is 0 Å². The molecule has 4 saturated carbocycles. The van der Waals surface area contributed by atoms with Gasteiger partial charge in [-0.1, -0.05) is 0 Å². The van der Waals surface area contributed by atoms with Crippen LogP contribution in [0.25, 0.3) is 0 Å². The van der Waals surface area contributed by atoms with E-state index in [9.17, 15) is 9.90 Å². The van der Waals surface area contributed by atoms with Crippen LogP contribution in [-0.4, -0.2) is 17.0 Å². The van der Waals surface area contributed by atoms with E-state index in [0.717, 1.165) is 31.6 Å². The van der Waals surface area contributed by atoms with Gasteiger partial charge >= 0.3 is 0 Å². The first-order valence-electron chi connectivity index (χ1n) is 5.46. The predicted molar refractivity (Wildman–Crippen MR) is 48.1 cm³/mol. The van der Waals surface area contributed by atoms with Gasteiger partial charge < -0.3 is 5.11 Å². The standard InChI is InChI=1S/C11H16O2/c12-10-5-7-1-6-2-8(3-7)11(13)9(10)4-6/h6-10,12H,1-5H2. The first-order valence-corrected chi connectivity index (χ1v) is 5.46. The van der Waals surface area contributed by atoms with Crippen molar-refractivity contribution in [1.82, 2.24) is 0 Å². The average Bonchev–Trinajstić information content (AvgIpc) is 2.24. The van der Waals surface area contributed by atoms with Gasteiger partial charge in [0.2, 0.25) is 0 Å². The number of Topliss-reactive ketones (excluding diaryl/α,β-unsaturated/α-hetero) is 1. The van der Waals surface area contributed by atoms with E-state index in [4.69, 9.17) is 0 Å². The Labute approximate surface area is 78.3 Å². The van der Waals surface area contributed by atoms with Gasteiger partial charge in [-0.3, -0.25) is 4.79 Å². The Hall–Kier alpha value is -0.370. The summed E-state index contributed by atoms with van der Waals surface area (Å²) in [6, 6.07) is 0. The van der Waals surface area contributed by atoms with Gasteiger partial charge in [-0.25, -0.2) is 0 Å². The number of carbonyl (C=O) groups is 1. The van der Waals surface area contributed by atoms with Crippen LogP contribution in [-0.2, 0) is 4.79 Å². The molecule has 5 atom stereocenters. The van der Waals surface area contributed by atoms with Crippen LogP contribution in [0.1, 0.15) is 32.1 Å². The molecule has 0 heterocycles. The minimum atomic E-state index is -0.312. The highest BCUT2D eigenvalue weighted by Crippen LogP contribution is 2.49. The summed E-state index contributed by atoms with van der Waals surface area (Å²) in [6.45, 7) is 0. The maximum absolute atomic E-state index is 11.8. The molecule has 4 bridgehead atoms. The van der Waals surface area contributed by atoms with Crippen molar-refractivity contribution in [1.29, 1.82) is 0 Å². The molecule has 72 valence electrons. The molecule has 4 fully saturated rings. The summed E-state index contributed by atoms with van der Waals surface area (Å²) in [4.78, 5) is 11.8. The predicted octanol–water partition coefficient (Wildman–Crippen LogP) is 1.37. The van der Waals surface area contributed by atoms with Crippen molar-refractivity contribution < 1.29 is 9.90 Å². The van der Waals surface area contributed by atoms with Crippen molar-refractivity contribution in [3.8, 4) is 0 Å². The topological polar surface area (TPSA) is 37.3 Å². The monoisotopic (exact) mass is 180 g/mol. The fourth-order valence-electron chi connectivity index (χ4n) is 3.81. The fraction of sp³-hybridized carbons (Fsp3) is 0.909. The molecule has 0 spiro atoms. The third-order valence-corrected chi connectivity index (χ3v) is 4.30. The first kappa shape index (κ1) is 7.98. The number of rotatable bonds is 0. The molecule has 2 nitrogen and oxygen atoms in total. The van der Waals surface area contributed by atoms with E-state index in [-0.39, 0.29) is 12.0 Å². The Bertz CT molecular complexity index is 248. The van der Waals surface area contributed by atoms with Gasteiger partial charge in [-0.05, 0) is 43.9 Å². The summed E-state index contributed by atoms with van der Waals surface area (Å²) in [5.41, 5.74) is 0. The van der Waals surface area contributed by atoms with Crippen LogP contribution in [0.4, 0.5) is 0 Å². The van der Waals surface area contributed by atoms with Gasteiger partial charge in [0.05, 0.1) is 6.10 Å². The second kappa shape index (κ2) is 2.57. The minimum Gasteiger partial charge on any atom is -0.392 e. The third kappa shape index (κ3) is 1.08. The van der Waals surface area contributed by atoms with Crippen LogP contribution in [0.2, 0.25) is 0 Å². The summed E-state index contributed by atoms with van der Waals surface area (Å²) in [5.74, 6) is 2.11. The van der Waals surface area contributed by atoms with Crippen molar-refractivity contribution in [3.63, 3.8) is 0 Å². The summed E-state index contributed by atoms with van der Waals surface area (Å²) in [5, 5.41) is 9.85.